The first-order valence-electron chi connectivity index (χ1n) is 7.36. The Morgan fingerprint density at radius 3 is 1.31 bits per heavy atom. The molecule has 10 nitrogen and oxygen atoms in total. The summed E-state index contributed by atoms with van der Waals surface area (Å²) in [6.45, 7) is 0. The Hall–Kier alpha value is -1.50. The van der Waals surface area contributed by atoms with Crippen LogP contribution in [0.2, 0.25) is 0 Å². The van der Waals surface area contributed by atoms with E-state index in [4.69, 9.17) is 10.2 Å². The predicted molar refractivity (Wildman–Crippen MR) is 93.0 cm³/mol. The number of aliphatic carboxylic acids is 2. The summed E-state index contributed by atoms with van der Waals surface area (Å²) < 4.78 is 9.15. The highest BCUT2D eigenvalue weighted by molar-refractivity contribution is 7.98. The Balaban J connectivity index is 4.81. The smallest absolute Gasteiger partial charge is 0.345 e. The van der Waals surface area contributed by atoms with Crippen LogP contribution in [0.3, 0.4) is 0 Å². The fraction of sp³-hybridized carbons (Fsp3) is 0.714. The minimum absolute atomic E-state index is 0.0364. The molecular formula is C14H22O10S2. The third kappa shape index (κ3) is 8.74. The van der Waals surface area contributed by atoms with Gasteiger partial charge in [0.2, 0.25) is 0 Å². The SMILES string of the molecule is CSCCC(OC(=O)C(O)C(O)C(=O)OC(CCSC)C(=O)O)C(=O)O. The summed E-state index contributed by atoms with van der Waals surface area (Å²) in [5.74, 6) is -5.22. The van der Waals surface area contributed by atoms with Gasteiger partial charge in [-0.2, -0.15) is 23.5 Å². The van der Waals surface area contributed by atoms with E-state index in [-0.39, 0.29) is 12.8 Å². The second kappa shape index (κ2) is 12.8. The predicted octanol–water partition coefficient (Wildman–Crippen LogP) is -0.793. The first-order valence-corrected chi connectivity index (χ1v) is 10.1. The molecule has 0 amide bonds. The van der Waals surface area contributed by atoms with Crippen LogP contribution in [0, 0.1) is 0 Å². The zero-order valence-corrected chi connectivity index (χ0v) is 15.8. The molecule has 0 aromatic carbocycles. The summed E-state index contributed by atoms with van der Waals surface area (Å²) in [5.41, 5.74) is 0. The molecule has 12 heteroatoms. The van der Waals surface area contributed by atoms with Gasteiger partial charge in [-0.15, -0.1) is 0 Å². The van der Waals surface area contributed by atoms with Crippen molar-refractivity contribution in [1.29, 1.82) is 0 Å². The lowest BCUT2D eigenvalue weighted by Crippen LogP contribution is -2.45. The van der Waals surface area contributed by atoms with Crippen LogP contribution < -0.4 is 0 Å². The fourth-order valence-electron chi connectivity index (χ4n) is 1.59. The summed E-state index contributed by atoms with van der Waals surface area (Å²) in [6, 6.07) is 0. The lowest BCUT2D eigenvalue weighted by atomic mass is 10.2. The molecule has 4 N–H and O–H groups in total. The molecular weight excluding hydrogens is 392 g/mol. The van der Waals surface area contributed by atoms with E-state index in [0.717, 1.165) is 0 Å². The number of aliphatic hydroxyl groups is 2. The van der Waals surface area contributed by atoms with Crippen LogP contribution >= 0.6 is 23.5 Å². The summed E-state index contributed by atoms with van der Waals surface area (Å²) in [4.78, 5) is 45.5. The molecule has 150 valence electrons. The quantitative estimate of drug-likeness (QED) is 0.278. The number of aliphatic hydroxyl groups excluding tert-OH is 2. The molecule has 0 aromatic rings. The number of carbonyl (C=O) groups excluding carboxylic acids is 2. The van der Waals surface area contributed by atoms with E-state index in [9.17, 15) is 29.4 Å². The van der Waals surface area contributed by atoms with Crippen LogP contribution in [0.15, 0.2) is 0 Å². The maximum Gasteiger partial charge on any atom is 0.345 e. The average Bonchev–Trinajstić information content (AvgIpc) is 2.59. The van der Waals surface area contributed by atoms with Gasteiger partial charge in [-0.05, 0) is 24.0 Å². The second-order valence-electron chi connectivity index (χ2n) is 4.98. The summed E-state index contributed by atoms with van der Waals surface area (Å²) in [6.07, 6.45) is -4.57. The van der Waals surface area contributed by atoms with Crippen LogP contribution in [0.4, 0.5) is 0 Å². The number of hydrogen-bond acceptors (Lipinski definition) is 10. The standard InChI is InChI=1S/C14H22O10S2/c1-25-5-3-7(11(17)18)23-13(21)9(15)10(16)14(22)24-8(12(19)20)4-6-26-2/h7-10,15-16H,3-6H2,1-2H3,(H,17,18)(H,19,20). The van der Waals surface area contributed by atoms with Gasteiger partial charge in [-0.3, -0.25) is 0 Å². The minimum atomic E-state index is -2.41. The van der Waals surface area contributed by atoms with Crippen LogP contribution in [0.5, 0.6) is 0 Å². The van der Waals surface area contributed by atoms with E-state index in [2.05, 4.69) is 9.47 Å². The van der Waals surface area contributed by atoms with Crippen molar-refractivity contribution in [3.8, 4) is 0 Å². The monoisotopic (exact) mass is 414 g/mol. The Morgan fingerprint density at radius 1 is 0.769 bits per heavy atom. The van der Waals surface area contributed by atoms with Gasteiger partial charge < -0.3 is 29.9 Å². The molecule has 26 heavy (non-hydrogen) atoms. The number of ether oxygens (including phenoxy) is 2. The Kier molecular flexibility index (Phi) is 12.1. The molecule has 0 radical (unpaired) electrons. The van der Waals surface area contributed by atoms with Gasteiger partial charge in [0, 0.05) is 12.8 Å². The van der Waals surface area contributed by atoms with Crippen molar-refractivity contribution >= 4 is 47.4 Å². The Labute approximate surface area is 158 Å². The van der Waals surface area contributed by atoms with Crippen LogP contribution in [-0.4, -0.2) is 92.7 Å². The van der Waals surface area contributed by atoms with Gasteiger partial charge in [-0.25, -0.2) is 19.2 Å². The number of thioether (sulfide) groups is 2. The number of carboxylic acid groups (broad SMARTS) is 2. The molecule has 0 saturated heterocycles. The third-order valence-corrected chi connectivity index (χ3v) is 4.31. The largest absolute Gasteiger partial charge is 0.479 e. The molecule has 4 atom stereocenters. The number of esters is 2. The summed E-state index contributed by atoms with van der Waals surface area (Å²) in [5, 5.41) is 37.2. The third-order valence-electron chi connectivity index (χ3n) is 3.02. The highest BCUT2D eigenvalue weighted by atomic mass is 32.2. The van der Waals surface area contributed by atoms with Gasteiger partial charge in [0.1, 0.15) is 0 Å². The highest BCUT2D eigenvalue weighted by Crippen LogP contribution is 2.11. The molecule has 0 aliphatic rings. The Morgan fingerprint density at radius 2 is 1.08 bits per heavy atom. The van der Waals surface area contributed by atoms with Gasteiger partial charge in [0.05, 0.1) is 0 Å². The molecule has 4 unspecified atom stereocenters. The average molecular weight is 414 g/mol. The van der Waals surface area contributed by atoms with Crippen molar-refractivity contribution in [3.05, 3.63) is 0 Å². The number of rotatable bonds is 13. The summed E-state index contributed by atoms with van der Waals surface area (Å²) >= 11 is 2.62. The topological polar surface area (TPSA) is 168 Å². The van der Waals surface area contributed by atoms with Crippen molar-refractivity contribution in [2.45, 2.75) is 37.3 Å². The van der Waals surface area contributed by atoms with Crippen LogP contribution in [0.25, 0.3) is 0 Å². The molecule has 0 spiro atoms. The molecule has 0 heterocycles. The molecule has 0 saturated carbocycles. The lowest BCUT2D eigenvalue weighted by molar-refractivity contribution is -0.184. The fourth-order valence-corrected chi connectivity index (χ4v) is 2.49. The van der Waals surface area contributed by atoms with Crippen molar-refractivity contribution in [2.24, 2.45) is 0 Å². The highest BCUT2D eigenvalue weighted by Gasteiger charge is 2.37. The lowest BCUT2D eigenvalue weighted by Gasteiger charge is -2.20. The van der Waals surface area contributed by atoms with E-state index in [1.54, 1.807) is 12.5 Å². The normalized spacial score (nSPS) is 15.4. The molecule has 0 fully saturated rings. The molecule has 0 aliphatic heterocycles. The van der Waals surface area contributed by atoms with Gasteiger partial charge in [-0.1, -0.05) is 0 Å². The molecule has 0 rings (SSSR count). The maximum absolute atomic E-state index is 11.7. The first-order chi connectivity index (χ1) is 12.1. The molecule has 0 aliphatic carbocycles. The summed E-state index contributed by atoms with van der Waals surface area (Å²) in [7, 11) is 0. The zero-order chi connectivity index (χ0) is 20.3. The van der Waals surface area contributed by atoms with Gasteiger partial charge in [0.15, 0.2) is 24.4 Å². The van der Waals surface area contributed by atoms with Gasteiger partial charge in [0.25, 0.3) is 0 Å². The van der Waals surface area contributed by atoms with Gasteiger partial charge >= 0.3 is 23.9 Å². The van der Waals surface area contributed by atoms with Crippen LogP contribution in [-0.2, 0) is 28.7 Å². The maximum atomic E-state index is 11.7. The van der Waals surface area contributed by atoms with Crippen LogP contribution in [0.1, 0.15) is 12.8 Å². The molecule has 0 bridgehead atoms. The Bertz CT molecular complexity index is 454. The molecule has 0 aromatic heterocycles. The number of carboxylic acids is 2. The van der Waals surface area contributed by atoms with Crippen molar-refractivity contribution < 1.29 is 49.1 Å². The minimum Gasteiger partial charge on any atom is -0.479 e. The van der Waals surface area contributed by atoms with E-state index >= 15 is 0 Å². The van der Waals surface area contributed by atoms with E-state index < -0.39 is 48.3 Å². The second-order valence-corrected chi connectivity index (χ2v) is 6.95. The number of carbonyl (C=O) groups is 4. The van der Waals surface area contributed by atoms with Crippen molar-refractivity contribution in [2.75, 3.05) is 24.0 Å². The first kappa shape index (κ1) is 24.5. The van der Waals surface area contributed by atoms with Crippen molar-refractivity contribution in [3.63, 3.8) is 0 Å². The van der Waals surface area contributed by atoms with E-state index in [0.29, 0.717) is 11.5 Å². The van der Waals surface area contributed by atoms with Crippen molar-refractivity contribution in [1.82, 2.24) is 0 Å². The van der Waals surface area contributed by atoms with E-state index in [1.165, 1.54) is 23.5 Å². The van der Waals surface area contributed by atoms with E-state index in [1.807, 2.05) is 0 Å². The zero-order valence-electron chi connectivity index (χ0n) is 14.2. The number of hydrogen-bond donors (Lipinski definition) is 4.